The van der Waals surface area contributed by atoms with Gasteiger partial charge in [0.05, 0.1) is 6.42 Å². The molecule has 0 aliphatic heterocycles. The lowest BCUT2D eigenvalue weighted by Crippen LogP contribution is -2.20. The number of amides is 1. The molecule has 2 rings (SSSR count). The Hall–Kier alpha value is -1.68. The first-order chi connectivity index (χ1) is 10.3. The van der Waals surface area contributed by atoms with E-state index in [0.29, 0.717) is 5.56 Å². The lowest BCUT2D eigenvalue weighted by Gasteiger charge is -2.23. The zero-order valence-electron chi connectivity index (χ0n) is 12.9. The van der Waals surface area contributed by atoms with Crippen LogP contribution in [0.25, 0.3) is 0 Å². The molecule has 2 aromatic carbocycles. The van der Waals surface area contributed by atoms with Gasteiger partial charge in [-0.05, 0) is 40.8 Å². The van der Waals surface area contributed by atoms with Crippen molar-refractivity contribution in [3.05, 3.63) is 63.9 Å². The maximum Gasteiger partial charge on any atom is 0.228 e. The van der Waals surface area contributed by atoms with Crippen molar-refractivity contribution in [3.8, 4) is 0 Å². The van der Waals surface area contributed by atoms with E-state index in [0.717, 1.165) is 15.7 Å². The smallest absolute Gasteiger partial charge is 0.228 e. The summed E-state index contributed by atoms with van der Waals surface area (Å²) < 4.78 is 14.5. The van der Waals surface area contributed by atoms with Gasteiger partial charge >= 0.3 is 0 Å². The van der Waals surface area contributed by atoms with Crippen molar-refractivity contribution in [1.82, 2.24) is 0 Å². The molecule has 0 radical (unpaired) electrons. The molecule has 0 saturated heterocycles. The molecule has 0 aromatic heterocycles. The first-order valence-electron chi connectivity index (χ1n) is 7.10. The Morgan fingerprint density at radius 2 is 1.86 bits per heavy atom. The summed E-state index contributed by atoms with van der Waals surface area (Å²) in [4.78, 5) is 12.2. The van der Waals surface area contributed by atoms with Gasteiger partial charge in [0.15, 0.2) is 0 Å². The van der Waals surface area contributed by atoms with Crippen LogP contribution in [-0.4, -0.2) is 5.91 Å². The topological polar surface area (TPSA) is 29.1 Å². The van der Waals surface area contributed by atoms with Crippen molar-refractivity contribution in [1.29, 1.82) is 0 Å². The number of para-hydroxylation sites is 1. The summed E-state index contributed by atoms with van der Waals surface area (Å²) >= 11 is 3.29. The number of benzene rings is 2. The summed E-state index contributed by atoms with van der Waals surface area (Å²) in [6.07, 6.45) is 0.00372. The molecule has 0 unspecified atom stereocenters. The van der Waals surface area contributed by atoms with E-state index in [9.17, 15) is 9.18 Å². The minimum Gasteiger partial charge on any atom is -0.326 e. The summed E-state index contributed by atoms with van der Waals surface area (Å²) in [7, 11) is 0. The van der Waals surface area contributed by atoms with E-state index in [2.05, 4.69) is 42.0 Å². The number of nitrogens with one attached hydrogen (secondary N) is 1. The fourth-order valence-electron chi connectivity index (χ4n) is 2.29. The van der Waals surface area contributed by atoms with E-state index in [1.165, 1.54) is 6.07 Å². The average molecular weight is 364 g/mol. The van der Waals surface area contributed by atoms with E-state index in [-0.39, 0.29) is 23.6 Å². The minimum absolute atomic E-state index is 0.00372. The molecule has 2 nitrogen and oxygen atoms in total. The number of hydrogen-bond donors (Lipinski definition) is 1. The van der Waals surface area contributed by atoms with E-state index < -0.39 is 0 Å². The number of carbonyl (C=O) groups is 1. The second kappa shape index (κ2) is 6.61. The summed E-state index contributed by atoms with van der Waals surface area (Å²) in [5.74, 6) is -0.601. The van der Waals surface area contributed by atoms with Gasteiger partial charge in [0.25, 0.3) is 0 Å². The highest BCUT2D eigenvalue weighted by atomic mass is 79.9. The number of rotatable bonds is 3. The highest BCUT2D eigenvalue weighted by Crippen LogP contribution is 2.29. The van der Waals surface area contributed by atoms with Gasteiger partial charge in [-0.1, -0.05) is 54.9 Å². The molecule has 0 bridgehead atoms. The number of anilines is 1. The van der Waals surface area contributed by atoms with Crippen LogP contribution in [0.15, 0.2) is 46.9 Å². The third-order valence-electron chi connectivity index (χ3n) is 3.37. The Labute approximate surface area is 138 Å². The van der Waals surface area contributed by atoms with E-state index in [1.54, 1.807) is 12.1 Å². The second-order valence-electron chi connectivity index (χ2n) is 6.26. The van der Waals surface area contributed by atoms with Crippen LogP contribution in [0.3, 0.4) is 0 Å². The van der Waals surface area contributed by atoms with Crippen LogP contribution in [0.5, 0.6) is 0 Å². The Balaban J connectivity index is 2.18. The molecular formula is C18H19BrFNO. The fraction of sp³-hybridized carbons (Fsp3) is 0.278. The molecule has 22 heavy (non-hydrogen) atoms. The quantitative estimate of drug-likeness (QED) is 0.810. The maximum atomic E-state index is 13.7. The van der Waals surface area contributed by atoms with Gasteiger partial charge in [0, 0.05) is 10.2 Å². The van der Waals surface area contributed by atoms with Crippen LogP contribution in [0, 0.1) is 5.82 Å². The maximum absolute atomic E-state index is 13.7. The predicted octanol–water partition coefficient (Wildman–Crippen LogP) is 5.07. The Morgan fingerprint density at radius 3 is 2.55 bits per heavy atom. The van der Waals surface area contributed by atoms with E-state index >= 15 is 0 Å². The van der Waals surface area contributed by atoms with Gasteiger partial charge in [0.1, 0.15) is 5.82 Å². The number of carbonyl (C=O) groups excluding carboxylic acids is 1. The fourth-order valence-corrected chi connectivity index (χ4v) is 2.70. The van der Waals surface area contributed by atoms with Crippen molar-refractivity contribution in [3.63, 3.8) is 0 Å². The van der Waals surface area contributed by atoms with Gasteiger partial charge in [-0.3, -0.25) is 4.79 Å². The SMILES string of the molecule is CC(C)(C)c1ccccc1NC(=O)Cc1cc(Br)ccc1F. The monoisotopic (exact) mass is 363 g/mol. The van der Waals surface area contributed by atoms with Gasteiger partial charge in [-0.15, -0.1) is 0 Å². The average Bonchev–Trinajstić information content (AvgIpc) is 2.42. The van der Waals surface area contributed by atoms with Crippen LogP contribution in [-0.2, 0) is 16.6 Å². The van der Waals surface area contributed by atoms with Gasteiger partial charge < -0.3 is 5.32 Å². The van der Waals surface area contributed by atoms with Crippen LogP contribution in [0.1, 0.15) is 31.9 Å². The van der Waals surface area contributed by atoms with E-state index in [1.807, 2.05) is 24.3 Å². The third-order valence-corrected chi connectivity index (χ3v) is 3.86. The van der Waals surface area contributed by atoms with Gasteiger partial charge in [0.2, 0.25) is 5.91 Å². The molecule has 116 valence electrons. The van der Waals surface area contributed by atoms with Crippen molar-refractivity contribution >= 4 is 27.5 Å². The molecule has 1 amide bonds. The molecular weight excluding hydrogens is 345 g/mol. The van der Waals surface area contributed by atoms with Crippen molar-refractivity contribution in [2.45, 2.75) is 32.6 Å². The summed E-state index contributed by atoms with van der Waals surface area (Å²) in [6, 6.07) is 12.3. The molecule has 2 aromatic rings. The van der Waals surface area contributed by atoms with Gasteiger partial charge in [-0.25, -0.2) is 4.39 Å². The molecule has 0 spiro atoms. The van der Waals surface area contributed by atoms with Crippen LogP contribution in [0.2, 0.25) is 0 Å². The summed E-state index contributed by atoms with van der Waals surface area (Å²) in [6.45, 7) is 6.27. The molecule has 0 saturated carbocycles. The molecule has 4 heteroatoms. The molecule has 0 fully saturated rings. The summed E-state index contributed by atoms with van der Waals surface area (Å²) in [5, 5.41) is 2.89. The van der Waals surface area contributed by atoms with Gasteiger partial charge in [-0.2, -0.15) is 0 Å². The Bertz CT molecular complexity index is 692. The molecule has 0 heterocycles. The van der Waals surface area contributed by atoms with Crippen molar-refractivity contribution in [2.75, 3.05) is 5.32 Å². The van der Waals surface area contributed by atoms with Crippen LogP contribution < -0.4 is 5.32 Å². The highest BCUT2D eigenvalue weighted by Gasteiger charge is 2.19. The minimum atomic E-state index is -0.373. The predicted molar refractivity (Wildman–Crippen MR) is 91.6 cm³/mol. The van der Waals surface area contributed by atoms with E-state index in [4.69, 9.17) is 0 Å². The largest absolute Gasteiger partial charge is 0.326 e. The second-order valence-corrected chi connectivity index (χ2v) is 7.17. The molecule has 0 aliphatic carbocycles. The first kappa shape index (κ1) is 16.7. The number of halogens is 2. The van der Waals surface area contributed by atoms with Crippen LogP contribution >= 0.6 is 15.9 Å². The Kier molecular flexibility index (Phi) is 5.01. The zero-order chi connectivity index (χ0) is 16.3. The molecule has 1 N–H and O–H groups in total. The van der Waals surface area contributed by atoms with Crippen molar-refractivity contribution < 1.29 is 9.18 Å². The van der Waals surface area contributed by atoms with Crippen molar-refractivity contribution in [2.24, 2.45) is 0 Å². The first-order valence-corrected chi connectivity index (χ1v) is 7.90. The number of hydrogen-bond acceptors (Lipinski definition) is 1. The lowest BCUT2D eigenvalue weighted by atomic mass is 9.86. The third kappa shape index (κ3) is 4.17. The Morgan fingerprint density at radius 1 is 1.18 bits per heavy atom. The molecule has 0 aliphatic rings. The molecule has 0 atom stereocenters. The van der Waals surface area contributed by atoms with Crippen LogP contribution in [0.4, 0.5) is 10.1 Å². The highest BCUT2D eigenvalue weighted by molar-refractivity contribution is 9.10. The normalized spacial score (nSPS) is 11.3. The standard InChI is InChI=1S/C18H19BrFNO/c1-18(2,3)14-6-4-5-7-16(14)21-17(22)11-12-10-13(19)8-9-15(12)20/h4-10H,11H2,1-3H3,(H,21,22). The zero-order valence-corrected chi connectivity index (χ0v) is 14.5. The summed E-state index contributed by atoms with van der Waals surface area (Å²) in [5.41, 5.74) is 2.12. The lowest BCUT2D eigenvalue weighted by molar-refractivity contribution is -0.115.